The van der Waals surface area contributed by atoms with Gasteiger partial charge in [-0.3, -0.25) is 0 Å². The van der Waals surface area contributed by atoms with Gasteiger partial charge in [-0.15, -0.1) is 0 Å². The quantitative estimate of drug-likeness (QED) is 0.661. The van der Waals surface area contributed by atoms with Gasteiger partial charge < -0.3 is 9.30 Å². The van der Waals surface area contributed by atoms with Crippen LogP contribution in [0.4, 0.5) is 0 Å². The summed E-state index contributed by atoms with van der Waals surface area (Å²) in [6.07, 6.45) is 1.88. The fourth-order valence-corrected chi connectivity index (χ4v) is 3.25. The Bertz CT molecular complexity index is 872. The molecule has 5 heteroatoms. The Kier molecular flexibility index (Phi) is 3.37. The van der Waals surface area contributed by atoms with Gasteiger partial charge in [0, 0.05) is 0 Å². The summed E-state index contributed by atoms with van der Waals surface area (Å²) < 4.78 is 7.66. The predicted octanol–water partition coefficient (Wildman–Crippen LogP) is 4.98. The molecule has 1 aromatic heterocycles. The van der Waals surface area contributed by atoms with E-state index in [0.717, 1.165) is 16.6 Å². The van der Waals surface area contributed by atoms with E-state index in [1.807, 2.05) is 24.5 Å². The van der Waals surface area contributed by atoms with Crippen LogP contribution in [0.2, 0.25) is 10.0 Å². The minimum atomic E-state index is 0.125. The monoisotopic (exact) mass is 332 g/mol. The first-order valence-electron chi connectivity index (χ1n) is 7.14. The molecule has 1 aliphatic rings. The number of benzene rings is 2. The average Bonchev–Trinajstić information content (AvgIpc) is 3.12. The summed E-state index contributed by atoms with van der Waals surface area (Å²) >= 11 is 12.1. The molecule has 0 saturated carbocycles. The summed E-state index contributed by atoms with van der Waals surface area (Å²) in [6.45, 7) is 3.49. The van der Waals surface area contributed by atoms with E-state index in [0.29, 0.717) is 23.3 Å². The van der Waals surface area contributed by atoms with Crippen LogP contribution in [0.25, 0.3) is 11.0 Å². The van der Waals surface area contributed by atoms with Crippen LogP contribution in [0.3, 0.4) is 0 Å². The van der Waals surface area contributed by atoms with Crippen LogP contribution < -0.4 is 0 Å². The third-order valence-electron chi connectivity index (χ3n) is 4.25. The third kappa shape index (κ3) is 2.21. The van der Waals surface area contributed by atoms with Crippen molar-refractivity contribution in [2.75, 3.05) is 0 Å². The molecule has 1 aliphatic heterocycles. The largest absolute Gasteiger partial charge is 0.372 e. The first-order chi connectivity index (χ1) is 10.6. The zero-order valence-electron chi connectivity index (χ0n) is 12.0. The summed E-state index contributed by atoms with van der Waals surface area (Å²) in [7, 11) is 0. The Hall–Kier alpha value is -1.55. The van der Waals surface area contributed by atoms with Crippen molar-refractivity contribution in [1.29, 1.82) is 0 Å². The molecule has 2 aromatic carbocycles. The van der Waals surface area contributed by atoms with E-state index in [2.05, 4.69) is 28.6 Å². The second-order valence-corrected chi connectivity index (χ2v) is 6.42. The van der Waals surface area contributed by atoms with Crippen molar-refractivity contribution in [1.82, 2.24) is 9.55 Å². The van der Waals surface area contributed by atoms with Crippen molar-refractivity contribution < 1.29 is 4.74 Å². The molecule has 0 fully saturated rings. The molecule has 0 spiro atoms. The van der Waals surface area contributed by atoms with Gasteiger partial charge in [-0.1, -0.05) is 29.3 Å². The van der Waals surface area contributed by atoms with Crippen molar-refractivity contribution in [3.8, 4) is 0 Å². The minimum Gasteiger partial charge on any atom is -0.372 e. The third-order valence-corrected chi connectivity index (χ3v) is 4.99. The lowest BCUT2D eigenvalue weighted by Crippen LogP contribution is -2.05. The summed E-state index contributed by atoms with van der Waals surface area (Å²) in [6, 6.07) is 10.2. The second kappa shape index (κ2) is 5.27. The molecule has 1 unspecified atom stereocenters. The average molecular weight is 333 g/mol. The van der Waals surface area contributed by atoms with Crippen LogP contribution in [0.1, 0.15) is 29.7 Å². The maximum Gasteiger partial charge on any atom is 0.0964 e. The van der Waals surface area contributed by atoms with Crippen LogP contribution in [0.15, 0.2) is 36.7 Å². The molecule has 0 amide bonds. The molecular weight excluding hydrogens is 319 g/mol. The lowest BCUT2D eigenvalue weighted by Gasteiger charge is -2.16. The van der Waals surface area contributed by atoms with Crippen molar-refractivity contribution in [2.45, 2.75) is 26.2 Å². The molecule has 22 heavy (non-hydrogen) atoms. The number of fused-ring (bicyclic) bond motifs is 2. The van der Waals surface area contributed by atoms with Crippen LogP contribution in [0.5, 0.6) is 0 Å². The molecular formula is C17H14Cl2N2O. The van der Waals surface area contributed by atoms with E-state index in [1.165, 1.54) is 11.1 Å². The van der Waals surface area contributed by atoms with Gasteiger partial charge in [-0.05, 0) is 47.9 Å². The smallest absolute Gasteiger partial charge is 0.0964 e. The second-order valence-electron chi connectivity index (χ2n) is 5.60. The molecule has 1 atom stereocenters. The van der Waals surface area contributed by atoms with Crippen LogP contribution in [-0.2, 0) is 18.0 Å². The fourth-order valence-electron chi connectivity index (χ4n) is 2.94. The maximum absolute atomic E-state index is 6.14. The van der Waals surface area contributed by atoms with Crippen molar-refractivity contribution in [2.24, 2.45) is 0 Å². The number of rotatable bonds is 2. The lowest BCUT2D eigenvalue weighted by atomic mass is 10.1. The number of ether oxygens (including phenoxy) is 1. The van der Waals surface area contributed by atoms with Gasteiger partial charge in [-0.25, -0.2) is 4.98 Å². The molecule has 4 rings (SSSR count). The SMILES string of the molecule is CC(c1ccc(Cl)c(Cl)c1)n1cnc2cc3c(cc21)COC3. The molecule has 0 saturated heterocycles. The van der Waals surface area contributed by atoms with Crippen LogP contribution in [0, 0.1) is 0 Å². The zero-order chi connectivity index (χ0) is 15.3. The first kappa shape index (κ1) is 14.1. The van der Waals surface area contributed by atoms with Crippen molar-refractivity contribution >= 4 is 34.2 Å². The van der Waals surface area contributed by atoms with Gasteiger partial charge in [0.05, 0.1) is 46.7 Å². The number of hydrogen-bond donors (Lipinski definition) is 0. The van der Waals surface area contributed by atoms with Gasteiger partial charge in [0.15, 0.2) is 0 Å². The molecule has 112 valence electrons. The number of halogens is 2. The van der Waals surface area contributed by atoms with Gasteiger partial charge in [0.1, 0.15) is 0 Å². The van der Waals surface area contributed by atoms with E-state index in [9.17, 15) is 0 Å². The maximum atomic E-state index is 6.14. The Morgan fingerprint density at radius 1 is 1.09 bits per heavy atom. The lowest BCUT2D eigenvalue weighted by molar-refractivity contribution is 0.134. The summed E-state index contributed by atoms with van der Waals surface area (Å²) in [5, 5.41) is 1.15. The molecule has 0 bridgehead atoms. The Morgan fingerprint density at radius 3 is 2.64 bits per heavy atom. The number of hydrogen-bond acceptors (Lipinski definition) is 2. The molecule has 0 aliphatic carbocycles. The molecule has 3 aromatic rings. The van der Waals surface area contributed by atoms with Gasteiger partial charge in [0.25, 0.3) is 0 Å². The highest BCUT2D eigenvalue weighted by Crippen LogP contribution is 2.31. The van der Waals surface area contributed by atoms with E-state index >= 15 is 0 Å². The van der Waals surface area contributed by atoms with Gasteiger partial charge in [-0.2, -0.15) is 0 Å². The number of aromatic nitrogens is 2. The highest BCUT2D eigenvalue weighted by atomic mass is 35.5. The normalized spacial score (nSPS) is 15.2. The van der Waals surface area contributed by atoms with E-state index in [4.69, 9.17) is 27.9 Å². The highest BCUT2D eigenvalue weighted by molar-refractivity contribution is 6.42. The summed E-state index contributed by atoms with van der Waals surface area (Å²) in [5.74, 6) is 0. The van der Waals surface area contributed by atoms with Crippen LogP contribution >= 0.6 is 23.2 Å². The number of imidazole rings is 1. The minimum absolute atomic E-state index is 0.125. The van der Waals surface area contributed by atoms with Crippen molar-refractivity contribution in [3.63, 3.8) is 0 Å². The van der Waals surface area contributed by atoms with Crippen LogP contribution in [-0.4, -0.2) is 9.55 Å². The number of nitrogens with zero attached hydrogens (tertiary/aromatic N) is 2. The fraction of sp³-hybridized carbons (Fsp3) is 0.235. The molecule has 2 heterocycles. The van der Waals surface area contributed by atoms with Gasteiger partial charge >= 0.3 is 0 Å². The van der Waals surface area contributed by atoms with Gasteiger partial charge in [0.2, 0.25) is 0 Å². The summed E-state index contributed by atoms with van der Waals surface area (Å²) in [5.41, 5.74) is 5.69. The summed E-state index contributed by atoms with van der Waals surface area (Å²) in [4.78, 5) is 4.53. The standard InChI is InChI=1S/C17H14Cl2N2O/c1-10(11-2-3-14(18)15(19)4-11)21-9-20-16-5-12-7-22-8-13(12)6-17(16)21/h2-6,9-10H,7-8H2,1H3. The van der Waals surface area contributed by atoms with E-state index < -0.39 is 0 Å². The Balaban J connectivity index is 1.81. The van der Waals surface area contributed by atoms with Crippen molar-refractivity contribution in [3.05, 3.63) is 63.4 Å². The molecule has 0 radical (unpaired) electrons. The zero-order valence-corrected chi connectivity index (χ0v) is 13.5. The Labute approximate surface area is 138 Å². The molecule has 3 nitrogen and oxygen atoms in total. The predicted molar refractivity (Wildman–Crippen MR) is 88.5 cm³/mol. The van der Waals surface area contributed by atoms with E-state index in [1.54, 1.807) is 0 Å². The molecule has 0 N–H and O–H groups in total. The first-order valence-corrected chi connectivity index (χ1v) is 7.90. The highest BCUT2D eigenvalue weighted by Gasteiger charge is 2.17. The topological polar surface area (TPSA) is 27.1 Å². The van der Waals surface area contributed by atoms with E-state index in [-0.39, 0.29) is 6.04 Å². The Morgan fingerprint density at radius 2 is 1.86 bits per heavy atom.